The molecule has 0 radical (unpaired) electrons. The number of rotatable bonds is 4. The zero-order valence-corrected chi connectivity index (χ0v) is 16.7. The zero-order valence-electron chi connectivity index (χ0n) is 16.7. The highest BCUT2D eigenvalue weighted by Crippen LogP contribution is 2.36. The Balaban J connectivity index is 1.74. The van der Waals surface area contributed by atoms with Crippen LogP contribution in [0.4, 0.5) is 0 Å². The third-order valence-electron chi connectivity index (χ3n) is 5.30. The van der Waals surface area contributed by atoms with Gasteiger partial charge in [-0.2, -0.15) is 0 Å². The summed E-state index contributed by atoms with van der Waals surface area (Å²) in [6, 6.07) is 5.94. The lowest BCUT2D eigenvalue weighted by Gasteiger charge is -2.30. The smallest absolute Gasteiger partial charge is 0.340 e. The Morgan fingerprint density at radius 3 is 2.86 bits per heavy atom. The molecule has 1 aliphatic heterocycles. The Labute approximate surface area is 167 Å². The van der Waals surface area contributed by atoms with Crippen LogP contribution < -0.4 is 10.4 Å². The van der Waals surface area contributed by atoms with Crippen molar-refractivity contribution in [2.24, 2.45) is 0 Å². The molecule has 7 nitrogen and oxygen atoms in total. The normalized spacial score (nSPS) is 13.8. The number of aryl methyl sites for hydroxylation is 2. The van der Waals surface area contributed by atoms with E-state index in [1.165, 1.54) is 7.11 Å². The van der Waals surface area contributed by atoms with Crippen LogP contribution in [0.15, 0.2) is 39.8 Å². The molecule has 29 heavy (non-hydrogen) atoms. The molecular formula is C22H22N2O5. The lowest BCUT2D eigenvalue weighted by Crippen LogP contribution is -2.32. The number of esters is 1. The largest absolute Gasteiger partial charge is 0.477 e. The van der Waals surface area contributed by atoms with Crippen molar-refractivity contribution in [3.8, 4) is 5.75 Å². The van der Waals surface area contributed by atoms with Crippen molar-refractivity contribution in [3.05, 3.63) is 68.8 Å². The fraction of sp³-hybridized carbons (Fsp3) is 0.318. The molecular weight excluding hydrogens is 372 g/mol. The van der Waals surface area contributed by atoms with Gasteiger partial charge in [0.2, 0.25) is 0 Å². The second kappa shape index (κ2) is 7.67. The zero-order chi connectivity index (χ0) is 20.5. The molecule has 0 N–H and O–H groups in total. The predicted octanol–water partition coefficient (Wildman–Crippen LogP) is 2.87. The van der Waals surface area contributed by atoms with E-state index in [2.05, 4.69) is 9.88 Å². The van der Waals surface area contributed by atoms with E-state index in [0.717, 1.165) is 39.9 Å². The van der Waals surface area contributed by atoms with Crippen LogP contribution in [0.3, 0.4) is 0 Å². The number of nitrogens with zero attached hydrogens (tertiary/aromatic N) is 2. The first-order chi connectivity index (χ1) is 14.0. The van der Waals surface area contributed by atoms with Gasteiger partial charge in [0.15, 0.2) is 0 Å². The van der Waals surface area contributed by atoms with Gasteiger partial charge in [0, 0.05) is 42.0 Å². The van der Waals surface area contributed by atoms with Crippen LogP contribution in [0.2, 0.25) is 0 Å². The van der Waals surface area contributed by atoms with Gasteiger partial charge in [0.25, 0.3) is 0 Å². The molecule has 3 aromatic rings. The number of fused-ring (bicyclic) bond motifs is 2. The average molecular weight is 394 g/mol. The van der Waals surface area contributed by atoms with Gasteiger partial charge in [-0.25, -0.2) is 4.79 Å². The van der Waals surface area contributed by atoms with Crippen molar-refractivity contribution in [2.45, 2.75) is 33.4 Å². The summed E-state index contributed by atoms with van der Waals surface area (Å²) < 4.78 is 16.3. The Morgan fingerprint density at radius 2 is 2.14 bits per heavy atom. The third-order valence-corrected chi connectivity index (χ3v) is 5.30. The van der Waals surface area contributed by atoms with Crippen LogP contribution in [-0.4, -0.2) is 29.7 Å². The van der Waals surface area contributed by atoms with Crippen LogP contribution in [-0.2, 0) is 29.0 Å². The minimum absolute atomic E-state index is 0.111. The molecule has 0 unspecified atom stereocenters. The van der Waals surface area contributed by atoms with Gasteiger partial charge in [-0.1, -0.05) is 6.07 Å². The minimum atomic E-state index is -0.516. The topological polar surface area (TPSA) is 81.9 Å². The van der Waals surface area contributed by atoms with Crippen molar-refractivity contribution < 1.29 is 18.7 Å². The molecule has 150 valence electrons. The minimum Gasteiger partial charge on any atom is -0.477 e. The van der Waals surface area contributed by atoms with E-state index in [1.54, 1.807) is 6.20 Å². The fourth-order valence-corrected chi connectivity index (χ4v) is 3.76. The summed E-state index contributed by atoms with van der Waals surface area (Å²) in [6.45, 7) is 5.59. The van der Waals surface area contributed by atoms with Gasteiger partial charge in [0.1, 0.15) is 18.1 Å². The highest BCUT2D eigenvalue weighted by Gasteiger charge is 2.24. The quantitative estimate of drug-likeness (QED) is 0.497. The number of ether oxygens (including phenoxy) is 2. The summed E-state index contributed by atoms with van der Waals surface area (Å²) in [4.78, 5) is 30.5. The summed E-state index contributed by atoms with van der Waals surface area (Å²) in [7, 11) is 1.30. The molecule has 1 aromatic carbocycles. The number of hydrogen-bond donors (Lipinski definition) is 0. The first-order valence-corrected chi connectivity index (χ1v) is 9.37. The highest BCUT2D eigenvalue weighted by atomic mass is 16.5. The molecule has 0 spiro atoms. The highest BCUT2D eigenvalue weighted by molar-refractivity contribution is 5.88. The van der Waals surface area contributed by atoms with E-state index in [9.17, 15) is 9.59 Å². The summed E-state index contributed by atoms with van der Waals surface area (Å²) in [5.41, 5.74) is 3.97. The van der Waals surface area contributed by atoms with Crippen molar-refractivity contribution in [1.29, 1.82) is 0 Å². The van der Waals surface area contributed by atoms with Gasteiger partial charge < -0.3 is 13.9 Å². The molecule has 0 bridgehead atoms. The summed E-state index contributed by atoms with van der Waals surface area (Å²) in [5, 5.41) is 0.812. The van der Waals surface area contributed by atoms with Gasteiger partial charge >= 0.3 is 11.6 Å². The van der Waals surface area contributed by atoms with Crippen LogP contribution in [0, 0.1) is 13.8 Å². The van der Waals surface area contributed by atoms with Crippen molar-refractivity contribution >= 4 is 16.9 Å². The Bertz CT molecular complexity index is 1140. The van der Waals surface area contributed by atoms with Crippen molar-refractivity contribution in [3.63, 3.8) is 0 Å². The number of carbonyl (C=O) groups is 1. The second-order valence-corrected chi connectivity index (χ2v) is 7.23. The van der Waals surface area contributed by atoms with E-state index < -0.39 is 11.6 Å². The van der Waals surface area contributed by atoms with Crippen LogP contribution in [0.1, 0.15) is 27.8 Å². The molecule has 7 heteroatoms. The number of hydrogen-bond acceptors (Lipinski definition) is 7. The van der Waals surface area contributed by atoms with Gasteiger partial charge in [-0.05, 0) is 37.1 Å². The van der Waals surface area contributed by atoms with Crippen LogP contribution in [0.25, 0.3) is 11.0 Å². The predicted molar refractivity (Wildman–Crippen MR) is 107 cm³/mol. The molecule has 0 fully saturated rings. The second-order valence-electron chi connectivity index (χ2n) is 7.23. The molecule has 0 aliphatic carbocycles. The molecule has 1 aliphatic rings. The average Bonchev–Trinajstić information content (AvgIpc) is 2.72. The summed E-state index contributed by atoms with van der Waals surface area (Å²) >= 11 is 0. The van der Waals surface area contributed by atoms with Crippen LogP contribution in [0.5, 0.6) is 5.75 Å². The maximum atomic E-state index is 12.5. The van der Waals surface area contributed by atoms with Gasteiger partial charge in [0.05, 0.1) is 19.1 Å². The maximum absolute atomic E-state index is 12.5. The first kappa shape index (κ1) is 19.1. The van der Waals surface area contributed by atoms with E-state index in [-0.39, 0.29) is 6.42 Å². The lowest BCUT2D eigenvalue weighted by atomic mass is 9.97. The standard InChI is InChI=1S/C22H22N2O5/c1-13-17-7-16-11-24(10-15-5-4-6-23-9-15)12-28-20(16)14(2)21(17)29-22(26)18(13)8-19(25)27-3/h4-7,9H,8,10-12H2,1-3H3. The summed E-state index contributed by atoms with van der Waals surface area (Å²) in [5.74, 6) is 0.281. The molecule has 2 aromatic heterocycles. The molecule has 3 heterocycles. The van der Waals surface area contributed by atoms with Gasteiger partial charge in [-0.3, -0.25) is 14.7 Å². The van der Waals surface area contributed by atoms with E-state index >= 15 is 0 Å². The Kier molecular flexibility index (Phi) is 5.07. The summed E-state index contributed by atoms with van der Waals surface area (Å²) in [6.07, 6.45) is 3.49. The molecule has 0 saturated heterocycles. The first-order valence-electron chi connectivity index (χ1n) is 9.37. The maximum Gasteiger partial charge on any atom is 0.340 e. The van der Waals surface area contributed by atoms with E-state index in [4.69, 9.17) is 13.9 Å². The van der Waals surface area contributed by atoms with Crippen LogP contribution >= 0.6 is 0 Å². The molecule has 0 atom stereocenters. The van der Waals surface area contributed by atoms with Crippen molar-refractivity contribution in [2.75, 3.05) is 13.8 Å². The lowest BCUT2D eigenvalue weighted by molar-refractivity contribution is -0.139. The Morgan fingerprint density at radius 1 is 1.31 bits per heavy atom. The SMILES string of the molecule is COC(=O)Cc1c(C)c2cc3c(c(C)c2oc1=O)OCN(Cc1cccnc1)C3. The number of benzene rings is 1. The number of methoxy groups -OCH3 is 1. The Hall–Kier alpha value is -3.19. The van der Waals surface area contributed by atoms with Gasteiger partial charge in [-0.15, -0.1) is 0 Å². The number of carbonyl (C=O) groups excluding carboxylic acids is 1. The van der Waals surface area contributed by atoms with E-state index in [0.29, 0.717) is 24.4 Å². The fourth-order valence-electron chi connectivity index (χ4n) is 3.76. The number of pyridine rings is 1. The molecule has 4 rings (SSSR count). The number of aromatic nitrogens is 1. The monoisotopic (exact) mass is 394 g/mol. The molecule has 0 saturated carbocycles. The van der Waals surface area contributed by atoms with Crippen molar-refractivity contribution in [1.82, 2.24) is 9.88 Å². The third kappa shape index (κ3) is 3.61. The van der Waals surface area contributed by atoms with E-state index in [1.807, 2.05) is 38.2 Å². The molecule has 0 amide bonds.